The van der Waals surface area contributed by atoms with E-state index in [9.17, 15) is 4.39 Å². The summed E-state index contributed by atoms with van der Waals surface area (Å²) in [6.45, 7) is 1.75. The zero-order valence-corrected chi connectivity index (χ0v) is 17.6. The minimum absolute atomic E-state index is 0.214. The molecule has 1 aliphatic heterocycles. The summed E-state index contributed by atoms with van der Waals surface area (Å²) in [6, 6.07) is 24.2. The fourth-order valence-corrected chi connectivity index (χ4v) is 4.32. The van der Waals surface area contributed by atoms with Gasteiger partial charge in [-0.2, -0.15) is 0 Å². The second kappa shape index (κ2) is 7.96. The highest BCUT2D eigenvalue weighted by Crippen LogP contribution is 2.43. The smallest absolute Gasteiger partial charge is 0.174 e. The monoisotopic (exact) mass is 429 g/mol. The van der Waals surface area contributed by atoms with Gasteiger partial charge < -0.3 is 14.6 Å². The van der Waals surface area contributed by atoms with Crippen LogP contribution in [0.15, 0.2) is 89.5 Å². The van der Waals surface area contributed by atoms with Crippen molar-refractivity contribution in [1.29, 1.82) is 0 Å². The zero-order chi connectivity index (χ0) is 21.4. The molecule has 2 aromatic heterocycles. The Labute approximate surface area is 185 Å². The third kappa shape index (κ3) is 3.59. The lowest BCUT2D eigenvalue weighted by Crippen LogP contribution is -2.29. The van der Waals surface area contributed by atoms with E-state index in [1.54, 1.807) is 25.3 Å². The van der Waals surface area contributed by atoms with Crippen LogP contribution in [0, 0.1) is 12.7 Å². The highest BCUT2D eigenvalue weighted by atomic mass is 32.1. The Morgan fingerprint density at radius 1 is 1.00 bits per heavy atom. The first-order chi connectivity index (χ1) is 15.1. The molecule has 3 heterocycles. The normalized spacial score (nSPS) is 18.3. The quantitative estimate of drug-likeness (QED) is 0.405. The molecule has 0 aliphatic carbocycles. The number of thiocarbonyl (C=S) groups is 1. The van der Waals surface area contributed by atoms with Crippen LogP contribution in [-0.4, -0.2) is 10.1 Å². The van der Waals surface area contributed by atoms with Gasteiger partial charge in [0, 0.05) is 17.4 Å². The number of hydrogen-bond donors (Lipinski definition) is 1. The number of hydrogen-bond acceptors (Lipinski definition) is 3. The van der Waals surface area contributed by atoms with Crippen molar-refractivity contribution < 1.29 is 8.81 Å². The highest BCUT2D eigenvalue weighted by molar-refractivity contribution is 7.80. The van der Waals surface area contributed by atoms with Crippen LogP contribution in [-0.2, 0) is 0 Å². The predicted molar refractivity (Wildman–Crippen MR) is 123 cm³/mol. The largest absolute Gasteiger partial charge is 0.459 e. The summed E-state index contributed by atoms with van der Waals surface area (Å²) in [5.74, 6) is 1.29. The first kappa shape index (κ1) is 19.5. The lowest BCUT2D eigenvalue weighted by Gasteiger charge is -2.26. The summed E-state index contributed by atoms with van der Waals surface area (Å²) in [6.07, 6.45) is 1.76. The molecule has 6 heteroatoms. The first-order valence-corrected chi connectivity index (χ1v) is 10.4. The molecule has 4 aromatic rings. The number of nitrogens with one attached hydrogen (secondary N) is 1. The molecule has 0 unspecified atom stereocenters. The van der Waals surface area contributed by atoms with E-state index < -0.39 is 0 Å². The maximum Gasteiger partial charge on any atom is 0.174 e. The van der Waals surface area contributed by atoms with Crippen LogP contribution in [0.1, 0.15) is 29.1 Å². The third-order valence-electron chi connectivity index (χ3n) is 5.49. The number of rotatable bonds is 4. The van der Waals surface area contributed by atoms with Crippen molar-refractivity contribution in [2.45, 2.75) is 19.0 Å². The Hall–Kier alpha value is -3.51. The van der Waals surface area contributed by atoms with Gasteiger partial charge in [-0.15, -0.1) is 0 Å². The van der Waals surface area contributed by atoms with Gasteiger partial charge in [0.05, 0.1) is 11.7 Å². The molecular weight excluding hydrogens is 409 g/mol. The number of aromatic nitrogens is 1. The summed E-state index contributed by atoms with van der Waals surface area (Å²) < 4.78 is 20.3. The molecular formula is C25H20FN3OS. The lowest BCUT2D eigenvalue weighted by molar-refractivity contribution is 0.439. The van der Waals surface area contributed by atoms with Crippen molar-refractivity contribution >= 4 is 23.0 Å². The summed E-state index contributed by atoms with van der Waals surface area (Å²) in [7, 11) is 0. The number of nitrogens with zero attached hydrogens (tertiary/aromatic N) is 2. The molecule has 1 aliphatic rings. The molecule has 154 valence electrons. The summed E-state index contributed by atoms with van der Waals surface area (Å²) in [5.41, 5.74) is 3.22. The van der Waals surface area contributed by atoms with E-state index in [0.29, 0.717) is 10.7 Å². The van der Waals surface area contributed by atoms with Gasteiger partial charge in [-0.05, 0) is 67.2 Å². The molecule has 31 heavy (non-hydrogen) atoms. The van der Waals surface area contributed by atoms with Crippen LogP contribution in [0.2, 0.25) is 0 Å². The van der Waals surface area contributed by atoms with Crippen molar-refractivity contribution in [2.24, 2.45) is 0 Å². The lowest BCUT2D eigenvalue weighted by atomic mass is 10.0. The molecule has 1 fully saturated rings. The van der Waals surface area contributed by atoms with Gasteiger partial charge >= 0.3 is 0 Å². The van der Waals surface area contributed by atoms with Crippen LogP contribution in [0.5, 0.6) is 0 Å². The molecule has 1 N–H and O–H groups in total. The molecule has 5 rings (SSSR count). The summed E-state index contributed by atoms with van der Waals surface area (Å²) >= 11 is 5.70. The first-order valence-electron chi connectivity index (χ1n) is 10.0. The molecule has 4 nitrogen and oxygen atoms in total. The standard InChI is InChI=1S/C25H20FN3OS/c1-16-15-18(10-11-19(16)26)29-24(23(28-25(29)31)20-9-5-6-14-27-20)22-13-12-21(30-22)17-7-3-2-4-8-17/h2-15,23-24H,1H3,(H,28,31)/t23-,24-/m0/s1. The molecule has 0 spiro atoms. The van der Waals surface area contributed by atoms with E-state index in [0.717, 1.165) is 28.5 Å². The third-order valence-corrected chi connectivity index (χ3v) is 5.81. The van der Waals surface area contributed by atoms with E-state index in [1.165, 1.54) is 6.07 Å². The Balaban J connectivity index is 1.61. The fourth-order valence-electron chi connectivity index (χ4n) is 3.97. The highest BCUT2D eigenvalue weighted by Gasteiger charge is 2.42. The van der Waals surface area contributed by atoms with Crippen LogP contribution < -0.4 is 10.2 Å². The van der Waals surface area contributed by atoms with Crippen molar-refractivity contribution in [3.8, 4) is 11.3 Å². The number of halogens is 1. The van der Waals surface area contributed by atoms with Crippen molar-refractivity contribution in [1.82, 2.24) is 10.3 Å². The fraction of sp³-hybridized carbons (Fsp3) is 0.120. The van der Waals surface area contributed by atoms with E-state index >= 15 is 0 Å². The van der Waals surface area contributed by atoms with Gasteiger partial charge in [-0.1, -0.05) is 36.4 Å². The van der Waals surface area contributed by atoms with Gasteiger partial charge in [0.1, 0.15) is 23.4 Å². The van der Waals surface area contributed by atoms with Crippen LogP contribution in [0.25, 0.3) is 11.3 Å². The summed E-state index contributed by atoms with van der Waals surface area (Å²) in [5, 5.41) is 3.94. The van der Waals surface area contributed by atoms with E-state index in [1.807, 2.05) is 65.6 Å². The van der Waals surface area contributed by atoms with Crippen molar-refractivity contribution in [2.75, 3.05) is 4.90 Å². The van der Waals surface area contributed by atoms with Crippen LogP contribution in [0.4, 0.5) is 10.1 Å². The SMILES string of the molecule is Cc1cc(N2C(=S)N[C@@H](c3ccccn3)[C@@H]2c2ccc(-c3ccccc3)o2)ccc1F. The van der Waals surface area contributed by atoms with Gasteiger partial charge in [-0.25, -0.2) is 4.39 Å². The van der Waals surface area contributed by atoms with Gasteiger partial charge in [0.15, 0.2) is 5.11 Å². The van der Waals surface area contributed by atoms with Crippen molar-refractivity contribution in [3.63, 3.8) is 0 Å². The number of furan rings is 1. The zero-order valence-electron chi connectivity index (χ0n) is 16.8. The Morgan fingerprint density at radius 2 is 1.81 bits per heavy atom. The molecule has 2 atom stereocenters. The molecule has 2 aromatic carbocycles. The predicted octanol–water partition coefficient (Wildman–Crippen LogP) is 5.97. The Kier molecular flexibility index (Phi) is 5.00. The number of anilines is 1. The molecule has 1 saturated heterocycles. The number of aryl methyl sites for hydroxylation is 1. The molecule has 0 radical (unpaired) electrons. The number of pyridine rings is 1. The van der Waals surface area contributed by atoms with Gasteiger partial charge in [-0.3, -0.25) is 4.98 Å². The van der Waals surface area contributed by atoms with E-state index in [4.69, 9.17) is 16.6 Å². The average molecular weight is 430 g/mol. The number of benzene rings is 2. The van der Waals surface area contributed by atoms with Crippen LogP contribution in [0.3, 0.4) is 0 Å². The molecule has 0 saturated carbocycles. The van der Waals surface area contributed by atoms with E-state index in [2.05, 4.69) is 10.3 Å². The minimum atomic E-state index is -0.273. The van der Waals surface area contributed by atoms with Crippen molar-refractivity contribution in [3.05, 3.63) is 108 Å². The Bertz CT molecular complexity index is 1230. The van der Waals surface area contributed by atoms with Gasteiger partial charge in [0.25, 0.3) is 0 Å². The average Bonchev–Trinajstić information content (AvgIpc) is 3.41. The maximum absolute atomic E-state index is 13.9. The van der Waals surface area contributed by atoms with E-state index in [-0.39, 0.29) is 17.9 Å². The Morgan fingerprint density at radius 3 is 2.55 bits per heavy atom. The second-order valence-corrected chi connectivity index (χ2v) is 7.88. The second-order valence-electron chi connectivity index (χ2n) is 7.50. The maximum atomic E-state index is 13.9. The molecule has 0 amide bonds. The summed E-state index contributed by atoms with van der Waals surface area (Å²) in [4.78, 5) is 6.53. The van der Waals surface area contributed by atoms with Gasteiger partial charge in [0.2, 0.25) is 0 Å². The minimum Gasteiger partial charge on any atom is -0.459 e. The topological polar surface area (TPSA) is 41.3 Å². The molecule has 0 bridgehead atoms. The van der Waals surface area contributed by atoms with Crippen LogP contribution >= 0.6 is 12.2 Å².